The molecule has 4 rings (SSSR count). The molecule has 0 radical (unpaired) electrons. The van der Waals surface area contributed by atoms with E-state index in [4.69, 9.17) is 4.74 Å². The van der Waals surface area contributed by atoms with Crippen LogP contribution >= 0.6 is 0 Å². The van der Waals surface area contributed by atoms with Gasteiger partial charge in [0.25, 0.3) is 0 Å². The fraction of sp³-hybridized carbons (Fsp3) is 0.231. The highest BCUT2D eigenvalue weighted by Gasteiger charge is 2.27. The molecule has 3 amide bonds. The predicted molar refractivity (Wildman–Crippen MR) is 126 cm³/mol. The Kier molecular flexibility index (Phi) is 6.70. The zero-order valence-corrected chi connectivity index (χ0v) is 18.2. The van der Waals surface area contributed by atoms with E-state index >= 15 is 0 Å². The quantitative estimate of drug-likeness (QED) is 0.557. The van der Waals surface area contributed by atoms with E-state index in [9.17, 15) is 9.59 Å². The van der Waals surface area contributed by atoms with E-state index in [1.165, 1.54) is 5.56 Å². The largest absolute Gasteiger partial charge is 0.444 e. The first-order valence-electron chi connectivity index (χ1n) is 10.8. The van der Waals surface area contributed by atoms with Gasteiger partial charge in [0.05, 0.1) is 0 Å². The molecule has 0 atom stereocenters. The molecular weight excluding hydrogens is 402 g/mol. The lowest BCUT2D eigenvalue weighted by Crippen LogP contribution is -2.49. The number of benzene rings is 3. The number of amides is 3. The molecule has 1 aliphatic rings. The number of hydrogen-bond acceptors (Lipinski definition) is 3. The normalized spacial score (nSPS) is 13.7. The number of nitrogens with one attached hydrogen (secondary N) is 1. The maximum atomic E-state index is 13.1. The van der Waals surface area contributed by atoms with Gasteiger partial charge in [-0.1, -0.05) is 66.2 Å². The smallest absolute Gasteiger partial charge is 0.411 e. The highest BCUT2D eigenvalue weighted by Crippen LogP contribution is 2.24. The van der Waals surface area contributed by atoms with Gasteiger partial charge in [-0.2, -0.15) is 0 Å². The van der Waals surface area contributed by atoms with Crippen molar-refractivity contribution in [3.8, 4) is 0 Å². The van der Waals surface area contributed by atoms with Gasteiger partial charge in [-0.3, -0.25) is 10.2 Å². The minimum absolute atomic E-state index is 0.0263. The Morgan fingerprint density at radius 1 is 0.938 bits per heavy atom. The molecule has 0 unspecified atom stereocenters. The third-order valence-electron chi connectivity index (χ3n) is 5.38. The molecule has 6 heteroatoms. The molecule has 6 nitrogen and oxygen atoms in total. The molecule has 164 valence electrons. The van der Waals surface area contributed by atoms with Gasteiger partial charge in [0.2, 0.25) is 0 Å². The lowest BCUT2D eigenvalue weighted by molar-refractivity contribution is 0.155. The Hall–Kier alpha value is -3.80. The number of carbonyl (C=O) groups is 2. The van der Waals surface area contributed by atoms with Crippen molar-refractivity contribution in [2.24, 2.45) is 0 Å². The number of nitrogens with zero attached hydrogens (tertiary/aromatic N) is 2. The van der Waals surface area contributed by atoms with Crippen LogP contribution < -0.4 is 10.2 Å². The lowest BCUT2D eigenvalue weighted by atomic mass is 10.1. The fourth-order valence-electron chi connectivity index (χ4n) is 3.83. The van der Waals surface area contributed by atoms with E-state index in [1.54, 1.807) is 17.0 Å². The summed E-state index contributed by atoms with van der Waals surface area (Å²) >= 11 is 0. The second-order valence-corrected chi connectivity index (χ2v) is 7.94. The van der Waals surface area contributed by atoms with Crippen LogP contribution in [0.1, 0.15) is 23.1 Å². The van der Waals surface area contributed by atoms with Crippen LogP contribution in [0, 0.1) is 6.92 Å². The van der Waals surface area contributed by atoms with Gasteiger partial charge in [-0.15, -0.1) is 0 Å². The average Bonchev–Trinajstić information content (AvgIpc) is 2.80. The van der Waals surface area contributed by atoms with Gasteiger partial charge in [-0.25, -0.2) is 9.59 Å². The van der Waals surface area contributed by atoms with Crippen LogP contribution in [0.25, 0.3) is 0 Å². The van der Waals surface area contributed by atoms with Crippen molar-refractivity contribution >= 4 is 23.5 Å². The van der Waals surface area contributed by atoms with Gasteiger partial charge in [0.15, 0.2) is 0 Å². The summed E-state index contributed by atoms with van der Waals surface area (Å²) in [7, 11) is 0. The summed E-state index contributed by atoms with van der Waals surface area (Å²) in [6.07, 6.45) is 0.353. The molecule has 1 fully saturated rings. The number of carbonyl (C=O) groups excluding carboxylic acids is 2. The molecule has 1 saturated heterocycles. The molecule has 1 N–H and O–H groups in total. The molecule has 32 heavy (non-hydrogen) atoms. The van der Waals surface area contributed by atoms with Crippen molar-refractivity contribution in [3.05, 3.63) is 95.6 Å². The standard InChI is InChI=1S/C26H27N3O3/c1-20-8-5-11-22(16-20)18-28-14-7-15-29(26(28)31)24-13-6-12-23(17-24)27-25(30)32-19-21-9-3-2-4-10-21/h2-6,8-13,16-17H,7,14-15,18-19H2,1H3,(H,27,30). The van der Waals surface area contributed by atoms with Crippen LogP contribution in [0.4, 0.5) is 21.0 Å². The van der Waals surface area contributed by atoms with E-state index in [-0.39, 0.29) is 12.6 Å². The predicted octanol–water partition coefficient (Wildman–Crippen LogP) is 5.58. The van der Waals surface area contributed by atoms with Crippen molar-refractivity contribution in [2.45, 2.75) is 26.5 Å². The molecule has 1 heterocycles. The third kappa shape index (κ3) is 5.46. The minimum atomic E-state index is -0.531. The first-order valence-corrected chi connectivity index (χ1v) is 10.8. The Labute approximate surface area is 188 Å². The molecule has 1 aliphatic heterocycles. The van der Waals surface area contributed by atoms with Gasteiger partial charge >= 0.3 is 12.1 Å². The monoisotopic (exact) mass is 429 g/mol. The first kappa shape index (κ1) is 21.4. The van der Waals surface area contributed by atoms with E-state index < -0.39 is 6.09 Å². The number of urea groups is 1. The van der Waals surface area contributed by atoms with Crippen LogP contribution in [0.3, 0.4) is 0 Å². The number of ether oxygens (including phenoxy) is 1. The van der Waals surface area contributed by atoms with Crippen LogP contribution in [-0.2, 0) is 17.9 Å². The van der Waals surface area contributed by atoms with Crippen LogP contribution in [0.15, 0.2) is 78.9 Å². The summed E-state index contributed by atoms with van der Waals surface area (Å²) in [5.41, 5.74) is 4.57. The summed E-state index contributed by atoms with van der Waals surface area (Å²) in [4.78, 5) is 29.0. The Bertz CT molecular complexity index is 1080. The molecule has 3 aromatic rings. The molecular formula is C26H27N3O3. The SMILES string of the molecule is Cc1cccc(CN2CCCN(c3cccc(NC(=O)OCc4ccccc4)c3)C2=O)c1. The van der Waals surface area contributed by atoms with Gasteiger partial charge in [0, 0.05) is 31.0 Å². The number of aryl methyl sites for hydroxylation is 1. The van der Waals surface area contributed by atoms with Gasteiger partial charge < -0.3 is 9.64 Å². The zero-order chi connectivity index (χ0) is 22.3. The molecule has 0 aliphatic carbocycles. The van der Waals surface area contributed by atoms with E-state index in [1.807, 2.05) is 59.5 Å². The van der Waals surface area contributed by atoms with E-state index in [0.717, 1.165) is 29.8 Å². The number of hydrogen-bond donors (Lipinski definition) is 1. The second kappa shape index (κ2) is 10.0. The third-order valence-corrected chi connectivity index (χ3v) is 5.38. The maximum absolute atomic E-state index is 13.1. The van der Waals surface area contributed by atoms with Crippen LogP contribution in [0.5, 0.6) is 0 Å². The first-order chi connectivity index (χ1) is 15.6. The molecule has 0 bridgehead atoms. The highest BCUT2D eigenvalue weighted by molar-refractivity contribution is 5.94. The lowest BCUT2D eigenvalue weighted by Gasteiger charge is -2.36. The molecule has 0 aromatic heterocycles. The molecule has 0 spiro atoms. The summed E-state index contributed by atoms with van der Waals surface area (Å²) < 4.78 is 5.29. The van der Waals surface area contributed by atoms with Crippen LogP contribution in [0.2, 0.25) is 0 Å². The number of anilines is 2. The highest BCUT2D eigenvalue weighted by atomic mass is 16.5. The minimum Gasteiger partial charge on any atom is -0.444 e. The van der Waals surface area contributed by atoms with E-state index in [2.05, 4.69) is 24.4 Å². The number of rotatable bonds is 6. The summed E-state index contributed by atoms with van der Waals surface area (Å²) in [6, 6.07) is 25.0. The Balaban J connectivity index is 1.39. The topological polar surface area (TPSA) is 61.9 Å². The van der Waals surface area contributed by atoms with Crippen molar-refractivity contribution < 1.29 is 14.3 Å². The summed E-state index contributed by atoms with van der Waals surface area (Å²) in [5, 5.41) is 2.75. The second-order valence-electron chi connectivity index (χ2n) is 7.94. The summed E-state index contributed by atoms with van der Waals surface area (Å²) in [5.74, 6) is 0. The zero-order valence-electron chi connectivity index (χ0n) is 18.2. The van der Waals surface area contributed by atoms with Gasteiger partial charge in [-0.05, 0) is 42.7 Å². The Morgan fingerprint density at radius 2 is 1.72 bits per heavy atom. The maximum Gasteiger partial charge on any atom is 0.411 e. The average molecular weight is 430 g/mol. The van der Waals surface area contributed by atoms with Crippen molar-refractivity contribution in [3.63, 3.8) is 0 Å². The molecule has 3 aromatic carbocycles. The van der Waals surface area contributed by atoms with E-state index in [0.29, 0.717) is 18.8 Å². The molecule has 0 saturated carbocycles. The van der Waals surface area contributed by atoms with Crippen molar-refractivity contribution in [1.82, 2.24) is 4.90 Å². The van der Waals surface area contributed by atoms with Gasteiger partial charge in [0.1, 0.15) is 6.61 Å². The summed E-state index contributed by atoms with van der Waals surface area (Å²) in [6.45, 7) is 4.21. The Morgan fingerprint density at radius 3 is 2.53 bits per heavy atom. The van der Waals surface area contributed by atoms with Crippen molar-refractivity contribution in [1.29, 1.82) is 0 Å². The van der Waals surface area contributed by atoms with Crippen molar-refractivity contribution in [2.75, 3.05) is 23.3 Å². The fourth-order valence-corrected chi connectivity index (χ4v) is 3.83. The van der Waals surface area contributed by atoms with Crippen LogP contribution in [-0.4, -0.2) is 30.1 Å².